The molecule has 0 aliphatic carbocycles. The van der Waals surface area contributed by atoms with Crippen LogP contribution in [0, 0.1) is 3.57 Å². The zero-order valence-corrected chi connectivity index (χ0v) is 11.6. The second kappa shape index (κ2) is 7.62. The minimum atomic E-state index is 0.0955. The number of amides is 1. The van der Waals surface area contributed by atoms with Gasteiger partial charge in [0.2, 0.25) is 5.91 Å². The summed E-state index contributed by atoms with van der Waals surface area (Å²) in [6.45, 7) is 1.67. The molecule has 0 aliphatic rings. The molecule has 0 bridgehead atoms. The molecule has 0 aliphatic heterocycles. The van der Waals surface area contributed by atoms with Crippen LogP contribution in [-0.2, 0) is 11.2 Å². The Morgan fingerprint density at radius 3 is 2.88 bits per heavy atom. The van der Waals surface area contributed by atoms with Gasteiger partial charge in [0.05, 0.1) is 6.42 Å². The molecule has 16 heavy (non-hydrogen) atoms. The highest BCUT2D eigenvalue weighted by molar-refractivity contribution is 14.1. The van der Waals surface area contributed by atoms with Crippen LogP contribution in [0.1, 0.15) is 12.0 Å². The summed E-state index contributed by atoms with van der Waals surface area (Å²) in [4.78, 5) is 11.6. The van der Waals surface area contributed by atoms with Gasteiger partial charge in [-0.25, -0.2) is 0 Å². The SMILES string of the molecule is CNCCCNC(=O)Cc1cccc(I)c1. The van der Waals surface area contributed by atoms with Gasteiger partial charge in [-0.3, -0.25) is 4.79 Å². The van der Waals surface area contributed by atoms with E-state index in [1.807, 2.05) is 31.3 Å². The van der Waals surface area contributed by atoms with E-state index in [4.69, 9.17) is 0 Å². The van der Waals surface area contributed by atoms with Gasteiger partial charge in [-0.1, -0.05) is 12.1 Å². The average molecular weight is 332 g/mol. The van der Waals surface area contributed by atoms with Crippen LogP contribution in [0.25, 0.3) is 0 Å². The van der Waals surface area contributed by atoms with Crippen LogP contribution in [0.2, 0.25) is 0 Å². The van der Waals surface area contributed by atoms with E-state index in [1.165, 1.54) is 0 Å². The van der Waals surface area contributed by atoms with Crippen molar-refractivity contribution >= 4 is 28.5 Å². The highest BCUT2D eigenvalue weighted by Gasteiger charge is 2.02. The molecule has 88 valence electrons. The van der Waals surface area contributed by atoms with Crippen molar-refractivity contribution in [2.24, 2.45) is 0 Å². The van der Waals surface area contributed by atoms with Gasteiger partial charge in [-0.2, -0.15) is 0 Å². The second-order valence-electron chi connectivity index (χ2n) is 3.61. The Balaban J connectivity index is 2.29. The maximum atomic E-state index is 11.6. The smallest absolute Gasteiger partial charge is 0.224 e. The Bertz CT molecular complexity index is 342. The van der Waals surface area contributed by atoms with E-state index < -0.39 is 0 Å². The second-order valence-corrected chi connectivity index (χ2v) is 4.86. The fourth-order valence-corrected chi connectivity index (χ4v) is 2.00. The summed E-state index contributed by atoms with van der Waals surface area (Å²) in [6, 6.07) is 8.02. The topological polar surface area (TPSA) is 41.1 Å². The molecule has 0 spiro atoms. The van der Waals surface area contributed by atoms with Crippen LogP contribution >= 0.6 is 22.6 Å². The van der Waals surface area contributed by atoms with Crippen molar-refractivity contribution in [1.82, 2.24) is 10.6 Å². The first-order valence-electron chi connectivity index (χ1n) is 5.38. The summed E-state index contributed by atoms with van der Waals surface area (Å²) >= 11 is 2.25. The van der Waals surface area contributed by atoms with Crippen LogP contribution in [0.3, 0.4) is 0 Å². The lowest BCUT2D eigenvalue weighted by molar-refractivity contribution is -0.120. The molecule has 2 N–H and O–H groups in total. The molecule has 0 fully saturated rings. The Labute approximate surface area is 110 Å². The molecule has 1 aromatic carbocycles. The molecule has 0 aromatic heterocycles. The lowest BCUT2D eigenvalue weighted by Crippen LogP contribution is -2.27. The summed E-state index contributed by atoms with van der Waals surface area (Å²) in [5.41, 5.74) is 1.07. The third-order valence-electron chi connectivity index (χ3n) is 2.18. The van der Waals surface area contributed by atoms with Crippen molar-refractivity contribution in [3.8, 4) is 0 Å². The first kappa shape index (κ1) is 13.4. The van der Waals surface area contributed by atoms with E-state index in [1.54, 1.807) is 0 Å². The Morgan fingerprint density at radius 2 is 2.19 bits per heavy atom. The number of rotatable bonds is 6. The molecular weight excluding hydrogens is 315 g/mol. The summed E-state index contributed by atoms with van der Waals surface area (Å²) in [5, 5.41) is 5.95. The summed E-state index contributed by atoms with van der Waals surface area (Å²) in [7, 11) is 1.91. The van der Waals surface area contributed by atoms with Gasteiger partial charge >= 0.3 is 0 Å². The van der Waals surface area contributed by atoms with Gasteiger partial charge in [0, 0.05) is 10.1 Å². The third-order valence-corrected chi connectivity index (χ3v) is 2.85. The molecule has 1 amide bonds. The highest BCUT2D eigenvalue weighted by Crippen LogP contribution is 2.08. The van der Waals surface area contributed by atoms with Gasteiger partial charge in [0.1, 0.15) is 0 Å². The molecule has 0 saturated carbocycles. The molecule has 4 heteroatoms. The van der Waals surface area contributed by atoms with Crippen LogP contribution in [0.15, 0.2) is 24.3 Å². The predicted octanol–water partition coefficient (Wildman–Crippen LogP) is 1.56. The van der Waals surface area contributed by atoms with Crippen LogP contribution in [-0.4, -0.2) is 26.0 Å². The molecule has 0 saturated heterocycles. The molecule has 3 nitrogen and oxygen atoms in total. The van der Waals surface area contributed by atoms with Crippen LogP contribution in [0.4, 0.5) is 0 Å². The Kier molecular flexibility index (Phi) is 6.40. The molecule has 0 radical (unpaired) electrons. The zero-order valence-electron chi connectivity index (χ0n) is 9.42. The molecular formula is C12H17IN2O. The van der Waals surface area contributed by atoms with E-state index in [0.717, 1.165) is 28.6 Å². The molecule has 0 atom stereocenters. The van der Waals surface area contributed by atoms with E-state index in [2.05, 4.69) is 33.2 Å². The van der Waals surface area contributed by atoms with Crippen molar-refractivity contribution < 1.29 is 4.79 Å². The molecule has 1 rings (SSSR count). The number of hydrogen-bond donors (Lipinski definition) is 2. The molecule has 0 unspecified atom stereocenters. The Morgan fingerprint density at radius 1 is 1.38 bits per heavy atom. The highest BCUT2D eigenvalue weighted by atomic mass is 127. The maximum absolute atomic E-state index is 11.6. The van der Waals surface area contributed by atoms with E-state index in [-0.39, 0.29) is 5.91 Å². The summed E-state index contributed by atoms with van der Waals surface area (Å²) in [5.74, 6) is 0.0955. The molecule has 1 aromatic rings. The monoisotopic (exact) mass is 332 g/mol. The lowest BCUT2D eigenvalue weighted by Gasteiger charge is -2.05. The predicted molar refractivity (Wildman–Crippen MR) is 74.4 cm³/mol. The van der Waals surface area contributed by atoms with Crippen molar-refractivity contribution in [2.45, 2.75) is 12.8 Å². The van der Waals surface area contributed by atoms with Crippen LogP contribution < -0.4 is 10.6 Å². The largest absolute Gasteiger partial charge is 0.356 e. The first-order chi connectivity index (χ1) is 7.72. The van der Waals surface area contributed by atoms with Crippen molar-refractivity contribution in [2.75, 3.05) is 20.1 Å². The standard InChI is InChI=1S/C12H17IN2O/c1-14-6-3-7-15-12(16)9-10-4-2-5-11(13)8-10/h2,4-5,8,14H,3,6-7,9H2,1H3,(H,15,16). The van der Waals surface area contributed by atoms with Gasteiger partial charge < -0.3 is 10.6 Å². The summed E-state index contributed by atoms with van der Waals surface area (Å²) < 4.78 is 1.16. The number of carbonyl (C=O) groups is 1. The normalized spacial score (nSPS) is 10.1. The van der Waals surface area contributed by atoms with Gasteiger partial charge in [-0.05, 0) is 60.3 Å². The number of nitrogens with one attached hydrogen (secondary N) is 2. The summed E-state index contributed by atoms with van der Waals surface area (Å²) in [6.07, 6.45) is 1.44. The zero-order chi connectivity index (χ0) is 11.8. The third kappa shape index (κ3) is 5.46. The van der Waals surface area contributed by atoms with Gasteiger partial charge in [0.15, 0.2) is 0 Å². The van der Waals surface area contributed by atoms with Gasteiger partial charge in [0.25, 0.3) is 0 Å². The van der Waals surface area contributed by atoms with Gasteiger partial charge in [-0.15, -0.1) is 0 Å². The molecule has 0 heterocycles. The fraction of sp³-hybridized carbons (Fsp3) is 0.417. The van der Waals surface area contributed by atoms with Crippen molar-refractivity contribution in [3.05, 3.63) is 33.4 Å². The van der Waals surface area contributed by atoms with E-state index in [9.17, 15) is 4.79 Å². The number of benzene rings is 1. The maximum Gasteiger partial charge on any atom is 0.224 e. The van der Waals surface area contributed by atoms with Crippen LogP contribution in [0.5, 0.6) is 0 Å². The number of carbonyl (C=O) groups excluding carboxylic acids is 1. The Hall–Kier alpha value is -0.620. The first-order valence-corrected chi connectivity index (χ1v) is 6.46. The number of hydrogen-bond acceptors (Lipinski definition) is 2. The van der Waals surface area contributed by atoms with E-state index >= 15 is 0 Å². The minimum Gasteiger partial charge on any atom is -0.356 e. The lowest BCUT2D eigenvalue weighted by atomic mass is 10.1. The van der Waals surface area contributed by atoms with Crippen molar-refractivity contribution in [3.63, 3.8) is 0 Å². The average Bonchev–Trinajstić information content (AvgIpc) is 2.24. The van der Waals surface area contributed by atoms with Crippen molar-refractivity contribution in [1.29, 1.82) is 0 Å². The fourth-order valence-electron chi connectivity index (χ4n) is 1.39. The number of halogens is 1. The quantitative estimate of drug-likeness (QED) is 0.613. The minimum absolute atomic E-state index is 0.0955. The van der Waals surface area contributed by atoms with E-state index in [0.29, 0.717) is 6.42 Å².